The van der Waals surface area contributed by atoms with E-state index in [1.54, 1.807) is 0 Å². The molecule has 0 saturated heterocycles. The molecule has 0 aliphatic rings. The van der Waals surface area contributed by atoms with Crippen molar-refractivity contribution in [1.82, 2.24) is 0 Å². The molecule has 0 saturated carbocycles. The summed E-state index contributed by atoms with van der Waals surface area (Å²) in [4.78, 5) is 25.6. The fourth-order valence-corrected chi connectivity index (χ4v) is 1.26. The van der Waals surface area contributed by atoms with Crippen molar-refractivity contribution >= 4 is 7.82 Å². The van der Waals surface area contributed by atoms with E-state index in [2.05, 4.69) is 48.5 Å². The SMILES string of the molecule is O=P([O-])([O-])[O-].c1ccc(-c2ccccc2)cc1. The van der Waals surface area contributed by atoms with Crippen LogP contribution < -0.4 is 14.7 Å². The first kappa shape index (κ1) is 13.6. The Hall–Kier alpha value is -1.45. The van der Waals surface area contributed by atoms with Gasteiger partial charge in [-0.15, -0.1) is 0 Å². The third-order valence-corrected chi connectivity index (χ3v) is 1.88. The lowest BCUT2D eigenvalue weighted by Gasteiger charge is -2.36. The van der Waals surface area contributed by atoms with E-state index in [1.807, 2.05) is 12.1 Å². The van der Waals surface area contributed by atoms with Crippen molar-refractivity contribution in [2.24, 2.45) is 0 Å². The summed E-state index contributed by atoms with van der Waals surface area (Å²) in [5.41, 5.74) is 2.55. The molecule has 0 heterocycles. The molecule has 0 amide bonds. The Morgan fingerprint density at radius 2 is 0.882 bits per heavy atom. The zero-order valence-electron chi connectivity index (χ0n) is 8.85. The molecule has 2 rings (SSSR count). The smallest absolute Gasteiger partial charge is 0.0184 e. The van der Waals surface area contributed by atoms with E-state index in [9.17, 15) is 0 Å². The summed E-state index contributed by atoms with van der Waals surface area (Å²) in [5, 5.41) is 0. The third kappa shape index (κ3) is 6.66. The van der Waals surface area contributed by atoms with Crippen LogP contribution in [0.15, 0.2) is 60.7 Å². The second-order valence-electron chi connectivity index (χ2n) is 3.18. The van der Waals surface area contributed by atoms with Crippen molar-refractivity contribution < 1.29 is 19.2 Å². The first-order valence-corrected chi connectivity index (χ1v) is 6.26. The first-order chi connectivity index (χ1) is 7.97. The molecule has 5 heteroatoms. The molecule has 0 aliphatic carbocycles. The van der Waals surface area contributed by atoms with Crippen molar-refractivity contribution in [2.45, 2.75) is 0 Å². The van der Waals surface area contributed by atoms with Gasteiger partial charge in [-0.25, -0.2) is 0 Å². The number of hydrogen-bond donors (Lipinski definition) is 0. The summed E-state index contributed by atoms with van der Waals surface area (Å²) in [7, 11) is -5.39. The van der Waals surface area contributed by atoms with Crippen LogP contribution in [-0.2, 0) is 4.57 Å². The lowest BCUT2D eigenvalue weighted by Crippen LogP contribution is -2.24. The van der Waals surface area contributed by atoms with Gasteiger partial charge >= 0.3 is 0 Å². The minimum Gasteiger partial charge on any atom is -0.822 e. The van der Waals surface area contributed by atoms with Gasteiger partial charge in [0.1, 0.15) is 0 Å². The van der Waals surface area contributed by atoms with Crippen LogP contribution >= 0.6 is 7.82 Å². The van der Waals surface area contributed by atoms with Crippen molar-refractivity contribution in [3.05, 3.63) is 60.7 Å². The highest BCUT2D eigenvalue weighted by molar-refractivity contribution is 7.40. The second-order valence-corrected chi connectivity index (χ2v) is 4.07. The van der Waals surface area contributed by atoms with Gasteiger partial charge in [-0.2, -0.15) is 7.82 Å². The number of phosphoric acid groups is 1. The minimum absolute atomic E-state index is 1.28. The fourth-order valence-electron chi connectivity index (χ4n) is 1.26. The van der Waals surface area contributed by atoms with Crippen LogP contribution in [0.1, 0.15) is 0 Å². The Bertz CT molecular complexity index is 433. The van der Waals surface area contributed by atoms with Crippen LogP contribution in [0.3, 0.4) is 0 Å². The van der Waals surface area contributed by atoms with E-state index in [0.717, 1.165) is 0 Å². The molecule has 0 spiro atoms. The minimum atomic E-state index is -5.39. The molecular formula is C12H10O4P-3. The molecule has 0 N–H and O–H groups in total. The van der Waals surface area contributed by atoms with Crippen molar-refractivity contribution in [1.29, 1.82) is 0 Å². The Morgan fingerprint density at radius 1 is 0.647 bits per heavy atom. The predicted octanol–water partition coefficient (Wildman–Crippen LogP) is 0.529. The van der Waals surface area contributed by atoms with Gasteiger partial charge < -0.3 is 19.2 Å². The van der Waals surface area contributed by atoms with Gasteiger partial charge in [-0.05, 0) is 11.1 Å². The predicted molar refractivity (Wildman–Crippen MR) is 59.5 cm³/mol. The Kier molecular flexibility index (Phi) is 5.07. The lowest BCUT2D eigenvalue weighted by atomic mass is 10.1. The van der Waals surface area contributed by atoms with Gasteiger partial charge in [0.05, 0.1) is 0 Å². The van der Waals surface area contributed by atoms with E-state index in [-0.39, 0.29) is 0 Å². The van der Waals surface area contributed by atoms with Crippen LogP contribution in [0.5, 0.6) is 0 Å². The average molecular weight is 249 g/mol. The molecule has 0 atom stereocenters. The molecule has 90 valence electrons. The zero-order chi connectivity index (χ0) is 12.7. The van der Waals surface area contributed by atoms with Crippen LogP contribution in [0, 0.1) is 0 Å². The highest BCUT2D eigenvalue weighted by atomic mass is 31.2. The zero-order valence-corrected chi connectivity index (χ0v) is 9.75. The van der Waals surface area contributed by atoms with Crippen molar-refractivity contribution in [3.63, 3.8) is 0 Å². The van der Waals surface area contributed by atoms with Gasteiger partial charge in [0.2, 0.25) is 0 Å². The van der Waals surface area contributed by atoms with E-state index < -0.39 is 7.82 Å². The molecule has 2 aromatic rings. The largest absolute Gasteiger partial charge is 0.822 e. The standard InChI is InChI=1S/C12H10.H3O4P/c1-3-7-11(8-4-1)12-9-5-2-6-10-12;1-5(2,3)4/h1-10H;(H3,1,2,3,4)/p-3. The molecule has 0 fully saturated rings. The number of hydrogen-bond acceptors (Lipinski definition) is 4. The van der Waals surface area contributed by atoms with E-state index in [1.165, 1.54) is 11.1 Å². The molecule has 2 aromatic carbocycles. The van der Waals surface area contributed by atoms with Gasteiger partial charge in [-0.1, -0.05) is 60.7 Å². The molecule has 0 unspecified atom stereocenters. The van der Waals surface area contributed by atoms with Crippen molar-refractivity contribution in [3.8, 4) is 11.1 Å². The maximum Gasteiger partial charge on any atom is -0.0184 e. The monoisotopic (exact) mass is 249 g/mol. The van der Waals surface area contributed by atoms with E-state index in [0.29, 0.717) is 0 Å². The summed E-state index contributed by atoms with van der Waals surface area (Å²) in [5.74, 6) is 0. The Morgan fingerprint density at radius 3 is 1.12 bits per heavy atom. The number of rotatable bonds is 1. The lowest BCUT2D eigenvalue weighted by molar-refractivity contribution is -0.432. The maximum absolute atomic E-state index is 8.55. The summed E-state index contributed by atoms with van der Waals surface area (Å²) >= 11 is 0. The summed E-state index contributed by atoms with van der Waals surface area (Å²) in [6, 6.07) is 20.8. The normalized spacial score (nSPS) is 10.3. The fraction of sp³-hybridized carbons (Fsp3) is 0. The topological polar surface area (TPSA) is 86.2 Å². The van der Waals surface area contributed by atoms with Crippen LogP contribution in [0.2, 0.25) is 0 Å². The molecule has 0 aliphatic heterocycles. The Balaban J connectivity index is 0.000000249. The number of benzene rings is 2. The highest BCUT2D eigenvalue weighted by Gasteiger charge is 1.91. The molecular weight excluding hydrogens is 239 g/mol. The molecule has 4 nitrogen and oxygen atoms in total. The summed E-state index contributed by atoms with van der Waals surface area (Å²) in [6.07, 6.45) is 0. The van der Waals surface area contributed by atoms with E-state index >= 15 is 0 Å². The summed E-state index contributed by atoms with van der Waals surface area (Å²) in [6.45, 7) is 0. The van der Waals surface area contributed by atoms with E-state index in [4.69, 9.17) is 19.2 Å². The Labute approximate surface area is 99.4 Å². The first-order valence-electron chi connectivity index (χ1n) is 4.80. The molecule has 0 radical (unpaired) electrons. The summed E-state index contributed by atoms with van der Waals surface area (Å²) < 4.78 is 8.55. The van der Waals surface area contributed by atoms with Gasteiger partial charge in [0.15, 0.2) is 0 Å². The van der Waals surface area contributed by atoms with Gasteiger partial charge in [0.25, 0.3) is 0 Å². The maximum atomic E-state index is 8.55. The van der Waals surface area contributed by atoms with Crippen LogP contribution in [-0.4, -0.2) is 0 Å². The van der Waals surface area contributed by atoms with Crippen LogP contribution in [0.4, 0.5) is 0 Å². The second kappa shape index (κ2) is 6.33. The van der Waals surface area contributed by atoms with Gasteiger partial charge in [-0.3, -0.25) is 0 Å². The molecule has 0 aromatic heterocycles. The highest BCUT2D eigenvalue weighted by Crippen LogP contribution is 2.17. The van der Waals surface area contributed by atoms with Gasteiger partial charge in [0, 0.05) is 0 Å². The van der Waals surface area contributed by atoms with Crippen LogP contribution in [0.25, 0.3) is 11.1 Å². The molecule has 0 bridgehead atoms. The quantitative estimate of drug-likeness (QED) is 0.690. The third-order valence-electron chi connectivity index (χ3n) is 1.88. The average Bonchev–Trinajstić information content (AvgIpc) is 2.29. The molecule has 17 heavy (non-hydrogen) atoms. The van der Waals surface area contributed by atoms with Crippen molar-refractivity contribution in [2.75, 3.05) is 0 Å².